The van der Waals surface area contributed by atoms with Crippen molar-refractivity contribution in [2.75, 3.05) is 24.5 Å². The minimum atomic E-state index is -4.85. The van der Waals surface area contributed by atoms with Gasteiger partial charge >= 0.3 is 18.2 Å². The van der Waals surface area contributed by atoms with Gasteiger partial charge in [0.05, 0.1) is 6.04 Å². The Labute approximate surface area is 165 Å². The van der Waals surface area contributed by atoms with E-state index >= 15 is 0 Å². The highest BCUT2D eigenvalue weighted by Crippen LogP contribution is 2.39. The first-order valence-electron chi connectivity index (χ1n) is 8.76. The number of aromatic carboxylic acids is 1. The molecule has 1 aliphatic heterocycles. The van der Waals surface area contributed by atoms with Gasteiger partial charge in [0.15, 0.2) is 10.8 Å². The van der Waals surface area contributed by atoms with Crippen LogP contribution in [0.1, 0.15) is 50.0 Å². The lowest BCUT2D eigenvalue weighted by atomic mass is 10.0. The smallest absolute Gasteiger partial charge is 0.435 e. The van der Waals surface area contributed by atoms with Crippen LogP contribution in [0.25, 0.3) is 0 Å². The first kappa shape index (κ1) is 22.3. The number of nitrogens with zero attached hydrogens (tertiary/aromatic N) is 3. The minimum Gasteiger partial charge on any atom is -0.477 e. The van der Waals surface area contributed by atoms with E-state index in [9.17, 15) is 22.8 Å². The zero-order valence-corrected chi connectivity index (χ0v) is 17.1. The topological polar surface area (TPSA) is 83.0 Å². The Balaban J connectivity index is 2.30. The molecule has 1 fully saturated rings. The molecule has 1 atom stereocenters. The van der Waals surface area contributed by atoms with E-state index in [1.54, 1.807) is 25.7 Å². The summed E-state index contributed by atoms with van der Waals surface area (Å²) in [6, 6.07) is -0.324. The van der Waals surface area contributed by atoms with Gasteiger partial charge in [-0.25, -0.2) is 14.6 Å². The lowest BCUT2D eigenvalue weighted by molar-refractivity contribution is -0.141. The predicted octanol–water partition coefficient (Wildman–Crippen LogP) is 3.94. The second kappa shape index (κ2) is 7.76. The molecule has 7 nitrogen and oxygen atoms in total. The molecule has 1 aromatic rings. The van der Waals surface area contributed by atoms with Crippen LogP contribution in [0.5, 0.6) is 0 Å². The first-order valence-corrected chi connectivity index (χ1v) is 9.58. The third kappa shape index (κ3) is 5.06. The molecule has 1 unspecified atom stereocenters. The van der Waals surface area contributed by atoms with Gasteiger partial charge in [-0.1, -0.05) is 25.2 Å². The van der Waals surface area contributed by atoms with E-state index in [1.165, 1.54) is 4.90 Å². The van der Waals surface area contributed by atoms with E-state index in [4.69, 9.17) is 9.84 Å². The fraction of sp³-hybridized carbons (Fsp3) is 0.706. The summed E-state index contributed by atoms with van der Waals surface area (Å²) in [6.45, 7) is 9.73. The molecular formula is C17H24F3N3O4S. The molecule has 1 saturated heterocycles. The van der Waals surface area contributed by atoms with Crippen LogP contribution in [0.3, 0.4) is 0 Å². The van der Waals surface area contributed by atoms with E-state index in [0.29, 0.717) is 11.3 Å². The maximum atomic E-state index is 13.2. The van der Waals surface area contributed by atoms with Crippen LogP contribution in [-0.2, 0) is 10.9 Å². The maximum absolute atomic E-state index is 13.2. The number of alkyl halides is 3. The Bertz CT molecular complexity index is 743. The molecule has 0 spiro atoms. The Morgan fingerprint density at radius 3 is 2.29 bits per heavy atom. The predicted molar refractivity (Wildman–Crippen MR) is 97.9 cm³/mol. The van der Waals surface area contributed by atoms with Gasteiger partial charge in [-0.15, -0.1) is 0 Å². The number of carboxylic acid groups (broad SMARTS) is 1. The number of aromatic nitrogens is 1. The number of anilines is 1. The number of piperazine rings is 1. The molecular weight excluding hydrogens is 399 g/mol. The number of ether oxygens (including phenoxy) is 1. The molecule has 0 saturated carbocycles. The molecule has 11 heteroatoms. The molecule has 0 bridgehead atoms. The van der Waals surface area contributed by atoms with Crippen molar-refractivity contribution in [1.29, 1.82) is 0 Å². The Morgan fingerprint density at radius 1 is 1.25 bits per heavy atom. The number of carbonyl (C=O) groups excluding carboxylic acids is 1. The van der Waals surface area contributed by atoms with Gasteiger partial charge in [-0.3, -0.25) is 0 Å². The average molecular weight is 423 g/mol. The number of carbonyl (C=O) groups is 2. The van der Waals surface area contributed by atoms with Crippen molar-refractivity contribution < 1.29 is 32.6 Å². The van der Waals surface area contributed by atoms with E-state index in [-0.39, 0.29) is 36.7 Å². The van der Waals surface area contributed by atoms with Crippen LogP contribution in [0, 0.1) is 5.92 Å². The van der Waals surface area contributed by atoms with Gasteiger partial charge in [0.1, 0.15) is 10.5 Å². The number of halogens is 3. The molecule has 0 aliphatic carbocycles. The van der Waals surface area contributed by atoms with Crippen molar-refractivity contribution in [1.82, 2.24) is 9.88 Å². The summed E-state index contributed by atoms with van der Waals surface area (Å²) in [5.74, 6) is -1.68. The summed E-state index contributed by atoms with van der Waals surface area (Å²) in [5, 5.41) is 9.11. The summed E-state index contributed by atoms with van der Waals surface area (Å²) >= 11 is 0.502. The highest BCUT2D eigenvalue weighted by molar-refractivity contribution is 7.17. The lowest BCUT2D eigenvalue weighted by Crippen LogP contribution is -2.57. The number of carboxylic acids is 1. The van der Waals surface area contributed by atoms with Crippen molar-refractivity contribution in [3.05, 3.63) is 10.6 Å². The second-order valence-corrected chi connectivity index (χ2v) is 8.89. The van der Waals surface area contributed by atoms with E-state index in [1.807, 2.05) is 13.8 Å². The highest BCUT2D eigenvalue weighted by Gasteiger charge is 2.42. The normalized spacial score (nSPS) is 18.5. The third-order valence-corrected chi connectivity index (χ3v) is 5.24. The number of hydrogen-bond acceptors (Lipinski definition) is 6. The molecule has 1 N–H and O–H groups in total. The summed E-state index contributed by atoms with van der Waals surface area (Å²) in [7, 11) is 0. The van der Waals surface area contributed by atoms with E-state index in [2.05, 4.69) is 4.98 Å². The van der Waals surface area contributed by atoms with Crippen LogP contribution in [0.2, 0.25) is 0 Å². The van der Waals surface area contributed by atoms with E-state index in [0.717, 1.165) is 0 Å². The molecule has 0 radical (unpaired) electrons. The fourth-order valence-electron chi connectivity index (χ4n) is 2.88. The van der Waals surface area contributed by atoms with Crippen LogP contribution in [0.4, 0.5) is 23.1 Å². The molecule has 2 rings (SSSR count). The number of thiazole rings is 1. The third-order valence-electron chi connectivity index (χ3n) is 4.16. The summed E-state index contributed by atoms with van der Waals surface area (Å²) in [5.41, 5.74) is -2.05. The van der Waals surface area contributed by atoms with Crippen LogP contribution >= 0.6 is 11.3 Å². The largest absolute Gasteiger partial charge is 0.477 e. The van der Waals surface area contributed by atoms with Gasteiger partial charge in [-0.2, -0.15) is 13.2 Å². The number of rotatable bonds is 3. The Hall–Kier alpha value is -2.04. The fourth-order valence-corrected chi connectivity index (χ4v) is 3.89. The molecule has 28 heavy (non-hydrogen) atoms. The SMILES string of the molecule is CC(C)C1CN(C(=O)OC(C)(C)C)CCN1c1nc(C(F)(F)F)c(C(=O)O)s1. The molecule has 2 heterocycles. The Morgan fingerprint density at radius 2 is 1.86 bits per heavy atom. The van der Waals surface area contributed by atoms with Gasteiger partial charge < -0.3 is 19.6 Å². The second-order valence-electron chi connectivity index (χ2n) is 7.91. The molecule has 158 valence electrons. The van der Waals surface area contributed by atoms with E-state index < -0.39 is 34.4 Å². The molecule has 0 aromatic carbocycles. The van der Waals surface area contributed by atoms with Crippen LogP contribution < -0.4 is 4.90 Å². The van der Waals surface area contributed by atoms with Gasteiger partial charge in [0, 0.05) is 19.6 Å². The monoisotopic (exact) mass is 423 g/mol. The van der Waals surface area contributed by atoms with Crippen molar-refractivity contribution >= 4 is 28.5 Å². The van der Waals surface area contributed by atoms with Crippen LogP contribution in [0.15, 0.2) is 0 Å². The highest BCUT2D eigenvalue weighted by atomic mass is 32.1. The van der Waals surface area contributed by atoms with Crippen molar-refractivity contribution in [3.8, 4) is 0 Å². The maximum Gasteiger partial charge on any atom is 0.435 e. The molecule has 1 amide bonds. The average Bonchev–Trinajstić information content (AvgIpc) is 2.98. The summed E-state index contributed by atoms with van der Waals surface area (Å²) in [4.78, 5) is 29.5. The number of amides is 1. The molecule has 1 aliphatic rings. The molecule has 1 aromatic heterocycles. The minimum absolute atomic E-state index is 0.00716. The van der Waals surface area contributed by atoms with Crippen molar-refractivity contribution in [2.45, 2.75) is 52.4 Å². The first-order chi connectivity index (χ1) is 12.7. The van der Waals surface area contributed by atoms with Crippen LogP contribution in [-0.4, -0.2) is 58.3 Å². The zero-order valence-electron chi connectivity index (χ0n) is 16.3. The summed E-state index contributed by atoms with van der Waals surface area (Å²) in [6.07, 6.45) is -5.34. The number of hydrogen-bond donors (Lipinski definition) is 1. The van der Waals surface area contributed by atoms with Gasteiger partial charge in [0.25, 0.3) is 0 Å². The Kier molecular flexibility index (Phi) is 6.17. The quantitative estimate of drug-likeness (QED) is 0.793. The van der Waals surface area contributed by atoms with Gasteiger partial charge in [-0.05, 0) is 26.7 Å². The lowest BCUT2D eigenvalue weighted by Gasteiger charge is -2.43. The zero-order chi connectivity index (χ0) is 21.4. The van der Waals surface area contributed by atoms with Gasteiger partial charge in [0.2, 0.25) is 0 Å². The summed E-state index contributed by atoms with van der Waals surface area (Å²) < 4.78 is 44.9. The standard InChI is InChI=1S/C17H24F3N3O4S/c1-9(2)10-8-22(15(26)27-16(3,4)5)6-7-23(10)14-21-12(17(18,19)20)11(28-14)13(24)25/h9-10H,6-8H2,1-5H3,(H,24,25). The van der Waals surface area contributed by atoms with Crippen molar-refractivity contribution in [3.63, 3.8) is 0 Å². The van der Waals surface area contributed by atoms with Crippen molar-refractivity contribution in [2.24, 2.45) is 5.92 Å².